The number of rotatable bonds is 5. The van der Waals surface area contributed by atoms with E-state index in [0.717, 1.165) is 55.4 Å². The van der Waals surface area contributed by atoms with E-state index in [1.807, 2.05) is 72.8 Å². The molecule has 0 unspecified atom stereocenters. The van der Waals surface area contributed by atoms with E-state index in [0.29, 0.717) is 17.5 Å². The van der Waals surface area contributed by atoms with Gasteiger partial charge in [-0.05, 0) is 87.0 Å². The minimum absolute atomic E-state index is 0.00780. The van der Waals surface area contributed by atoms with E-state index >= 15 is 0 Å². The van der Waals surface area contributed by atoms with Gasteiger partial charge >= 0.3 is 0 Å². The fraction of sp³-hybridized carbons (Fsp3) is 0.167. The van der Waals surface area contributed by atoms with Gasteiger partial charge in [0.05, 0.1) is 11.0 Å². The molecule has 5 nitrogen and oxygen atoms in total. The molecule has 0 saturated heterocycles. The zero-order valence-corrected chi connectivity index (χ0v) is 34.2. The topological polar surface area (TPSA) is 56.7 Å². The lowest BCUT2D eigenvalue weighted by atomic mass is 9.59. The van der Waals surface area contributed by atoms with Crippen LogP contribution < -0.4 is 0 Å². The highest BCUT2D eigenvalue weighted by Crippen LogP contribution is 2.63. The third kappa shape index (κ3) is 5.07. The first-order valence-electron chi connectivity index (χ1n) is 20.5. The van der Waals surface area contributed by atoms with Crippen molar-refractivity contribution in [2.75, 3.05) is 0 Å². The molecule has 11 rings (SSSR count). The predicted octanol–water partition coefficient (Wildman–Crippen LogP) is 14.1. The minimum atomic E-state index is -0.0715. The third-order valence-corrected chi connectivity index (χ3v) is 14.1. The standard InChI is InChI=1S/C54H44N4O/c1-52(2)41-27-29-43-47(48(41)53(3,4)54(52,5)6)39-31-35(25-28-42(39)58(43)37-21-14-9-15-22-37)36-26-30-44-40(32-36)46-38(23-16-24-45(46)59-44)51-56-49(33-17-10-7-11-18-33)55-50(57-51)34-19-12-8-13-20-34/h7-32H,1-6H3. The molecule has 0 saturated carbocycles. The van der Waals surface area contributed by atoms with Gasteiger partial charge < -0.3 is 8.98 Å². The molecule has 0 aliphatic heterocycles. The number of aromatic nitrogens is 4. The molecule has 0 spiro atoms. The third-order valence-electron chi connectivity index (χ3n) is 14.1. The maximum atomic E-state index is 6.55. The summed E-state index contributed by atoms with van der Waals surface area (Å²) < 4.78 is 9.00. The molecule has 0 N–H and O–H groups in total. The van der Waals surface area contributed by atoms with Crippen molar-refractivity contribution in [3.63, 3.8) is 0 Å². The van der Waals surface area contributed by atoms with Crippen molar-refractivity contribution in [3.05, 3.63) is 169 Å². The Morgan fingerprint density at radius 1 is 0.441 bits per heavy atom. The molecule has 3 aromatic heterocycles. The number of fused-ring (bicyclic) bond motifs is 8. The molecule has 0 atom stereocenters. The fourth-order valence-corrected chi connectivity index (χ4v) is 9.87. The van der Waals surface area contributed by atoms with E-state index in [-0.39, 0.29) is 16.2 Å². The van der Waals surface area contributed by atoms with Crippen LogP contribution in [-0.4, -0.2) is 19.5 Å². The average molecular weight is 765 g/mol. The lowest BCUT2D eigenvalue weighted by Crippen LogP contribution is -2.42. The molecule has 5 heteroatoms. The summed E-state index contributed by atoms with van der Waals surface area (Å²) in [4.78, 5) is 15.2. The average Bonchev–Trinajstić information content (AvgIpc) is 3.84. The number of para-hydroxylation sites is 1. The van der Waals surface area contributed by atoms with Gasteiger partial charge in [-0.15, -0.1) is 0 Å². The van der Waals surface area contributed by atoms with Gasteiger partial charge in [-0.1, -0.05) is 151 Å². The highest BCUT2D eigenvalue weighted by Gasteiger charge is 2.57. The fourth-order valence-electron chi connectivity index (χ4n) is 9.87. The van der Waals surface area contributed by atoms with E-state index < -0.39 is 0 Å². The molecule has 59 heavy (non-hydrogen) atoms. The Labute approximate surface area is 344 Å². The van der Waals surface area contributed by atoms with E-state index in [9.17, 15) is 0 Å². The van der Waals surface area contributed by atoms with Crippen molar-refractivity contribution in [1.29, 1.82) is 0 Å². The number of benzene rings is 7. The van der Waals surface area contributed by atoms with Crippen LogP contribution >= 0.6 is 0 Å². The smallest absolute Gasteiger partial charge is 0.164 e. The van der Waals surface area contributed by atoms with Crippen molar-refractivity contribution >= 4 is 43.7 Å². The Kier molecular flexibility index (Phi) is 7.53. The Balaban J connectivity index is 1.14. The van der Waals surface area contributed by atoms with Crippen LogP contribution in [0.15, 0.2) is 162 Å². The summed E-state index contributed by atoms with van der Waals surface area (Å²) in [6.07, 6.45) is 0. The quantitative estimate of drug-likeness (QED) is 0.175. The Hall–Kier alpha value is -6.85. The lowest BCUT2D eigenvalue weighted by molar-refractivity contribution is 0.125. The van der Waals surface area contributed by atoms with Crippen molar-refractivity contribution in [2.45, 2.75) is 52.4 Å². The predicted molar refractivity (Wildman–Crippen MR) is 243 cm³/mol. The van der Waals surface area contributed by atoms with Crippen molar-refractivity contribution in [2.24, 2.45) is 5.41 Å². The molecule has 3 heterocycles. The first kappa shape index (κ1) is 35.3. The van der Waals surface area contributed by atoms with Crippen LogP contribution in [0.3, 0.4) is 0 Å². The first-order valence-corrected chi connectivity index (χ1v) is 20.5. The Morgan fingerprint density at radius 3 is 1.68 bits per heavy atom. The van der Waals surface area contributed by atoms with Crippen LogP contribution in [0.4, 0.5) is 0 Å². The molecule has 1 aliphatic rings. The van der Waals surface area contributed by atoms with E-state index in [2.05, 4.69) is 131 Å². The summed E-state index contributed by atoms with van der Waals surface area (Å²) in [6.45, 7) is 14.6. The van der Waals surface area contributed by atoms with Gasteiger partial charge in [0.25, 0.3) is 0 Å². The molecule has 286 valence electrons. The number of hydrogen-bond acceptors (Lipinski definition) is 4. The number of hydrogen-bond donors (Lipinski definition) is 0. The second-order valence-electron chi connectivity index (χ2n) is 17.7. The molecule has 1 aliphatic carbocycles. The van der Waals surface area contributed by atoms with Crippen LogP contribution in [0.5, 0.6) is 0 Å². The van der Waals surface area contributed by atoms with Crippen molar-refractivity contribution in [1.82, 2.24) is 19.5 Å². The van der Waals surface area contributed by atoms with Gasteiger partial charge in [0.2, 0.25) is 0 Å². The summed E-state index contributed by atoms with van der Waals surface area (Å²) in [6, 6.07) is 55.5. The molecular weight excluding hydrogens is 721 g/mol. The van der Waals surface area contributed by atoms with Gasteiger partial charge in [-0.2, -0.15) is 0 Å². The highest BCUT2D eigenvalue weighted by atomic mass is 16.3. The van der Waals surface area contributed by atoms with Gasteiger partial charge in [0.1, 0.15) is 11.2 Å². The largest absolute Gasteiger partial charge is 0.456 e. The first-order chi connectivity index (χ1) is 28.5. The Bertz CT molecular complexity index is 3220. The summed E-state index contributed by atoms with van der Waals surface area (Å²) in [5.74, 6) is 1.86. The number of nitrogens with zero attached hydrogens (tertiary/aromatic N) is 4. The van der Waals surface area contributed by atoms with Crippen LogP contribution in [0.1, 0.15) is 52.7 Å². The van der Waals surface area contributed by atoms with Crippen LogP contribution in [-0.2, 0) is 10.8 Å². The van der Waals surface area contributed by atoms with Gasteiger partial charge in [-0.25, -0.2) is 15.0 Å². The monoisotopic (exact) mass is 764 g/mol. The zero-order valence-electron chi connectivity index (χ0n) is 34.2. The molecule has 10 aromatic rings. The molecule has 0 fully saturated rings. The van der Waals surface area contributed by atoms with Gasteiger partial charge in [-0.3, -0.25) is 0 Å². The van der Waals surface area contributed by atoms with Crippen molar-refractivity contribution in [3.8, 4) is 51.0 Å². The normalized spacial score (nSPS) is 15.4. The second kappa shape index (κ2) is 12.6. The maximum absolute atomic E-state index is 6.55. The maximum Gasteiger partial charge on any atom is 0.164 e. The van der Waals surface area contributed by atoms with Crippen LogP contribution in [0, 0.1) is 5.41 Å². The molecule has 0 amide bonds. The van der Waals surface area contributed by atoms with Gasteiger partial charge in [0, 0.05) is 43.9 Å². The van der Waals surface area contributed by atoms with E-state index in [1.165, 1.54) is 32.9 Å². The highest BCUT2D eigenvalue weighted by molar-refractivity contribution is 6.15. The van der Waals surface area contributed by atoms with Crippen LogP contribution in [0.2, 0.25) is 0 Å². The zero-order chi connectivity index (χ0) is 40.3. The SMILES string of the molecule is CC1(C)c2ccc3c(c2C(C)(C)C1(C)C)c1cc(-c2ccc4oc5cccc(-c6nc(-c7ccccc7)nc(-c7ccccc7)n6)c5c4c2)ccc1n3-c1ccccc1. The number of furan rings is 1. The molecule has 0 radical (unpaired) electrons. The molecule has 0 bridgehead atoms. The Morgan fingerprint density at radius 2 is 1.02 bits per heavy atom. The van der Waals surface area contributed by atoms with Crippen molar-refractivity contribution < 1.29 is 4.42 Å². The summed E-state index contributed by atoms with van der Waals surface area (Å²) >= 11 is 0. The van der Waals surface area contributed by atoms with Crippen LogP contribution in [0.25, 0.3) is 94.7 Å². The second-order valence-corrected chi connectivity index (χ2v) is 17.7. The summed E-state index contributed by atoms with van der Waals surface area (Å²) in [7, 11) is 0. The molecule has 7 aromatic carbocycles. The van der Waals surface area contributed by atoms with E-state index in [1.54, 1.807) is 0 Å². The molecular formula is C54H44N4O. The van der Waals surface area contributed by atoms with Gasteiger partial charge in [0.15, 0.2) is 17.5 Å². The summed E-state index contributed by atoms with van der Waals surface area (Å²) in [5, 5.41) is 4.62. The minimum Gasteiger partial charge on any atom is -0.456 e. The lowest BCUT2D eigenvalue weighted by Gasteiger charge is -2.44. The van der Waals surface area contributed by atoms with E-state index in [4.69, 9.17) is 19.4 Å². The summed E-state index contributed by atoms with van der Waals surface area (Å²) in [5.41, 5.74) is 13.1.